The van der Waals surface area contributed by atoms with Gasteiger partial charge in [-0.05, 0) is 62.6 Å². The smallest absolute Gasteiger partial charge is 0.0443 e. The topological polar surface area (TPSA) is 12.0 Å². The van der Waals surface area contributed by atoms with Gasteiger partial charge in [0.15, 0.2) is 0 Å². The van der Waals surface area contributed by atoms with E-state index in [2.05, 4.69) is 31.3 Å². The van der Waals surface area contributed by atoms with E-state index in [-0.39, 0.29) is 0 Å². The second-order valence-corrected chi connectivity index (χ2v) is 6.79. The predicted octanol–water partition coefficient (Wildman–Crippen LogP) is 3.75. The Morgan fingerprint density at radius 3 is 2.62 bits per heavy atom. The summed E-state index contributed by atoms with van der Waals surface area (Å²) in [4.78, 5) is 3.01. The molecule has 2 aliphatic rings. The lowest BCUT2D eigenvalue weighted by Crippen LogP contribution is -2.26. The van der Waals surface area contributed by atoms with Gasteiger partial charge in [-0.1, -0.05) is 6.92 Å². The van der Waals surface area contributed by atoms with Crippen molar-refractivity contribution in [1.29, 1.82) is 0 Å². The minimum Gasteiger partial charge on any atom is -0.309 e. The average molecular weight is 235 g/mol. The van der Waals surface area contributed by atoms with Crippen LogP contribution in [0.4, 0.5) is 0 Å². The standard InChI is InChI=1S/C14H21NS/c1-3-15-14(13-5-4-9(2)16-13)12-7-10-6-11(10)8-12/h4-5,10-12,14-15H,3,6-8H2,1-2H3. The Balaban J connectivity index is 1.75. The van der Waals surface area contributed by atoms with Crippen LogP contribution in [-0.4, -0.2) is 6.54 Å². The van der Waals surface area contributed by atoms with Gasteiger partial charge in [0.25, 0.3) is 0 Å². The van der Waals surface area contributed by atoms with Crippen LogP contribution in [-0.2, 0) is 0 Å². The van der Waals surface area contributed by atoms with Crippen molar-refractivity contribution < 1.29 is 0 Å². The normalized spacial score (nSPS) is 33.8. The van der Waals surface area contributed by atoms with Gasteiger partial charge < -0.3 is 5.32 Å². The molecule has 2 heteroatoms. The summed E-state index contributed by atoms with van der Waals surface area (Å²) in [7, 11) is 0. The van der Waals surface area contributed by atoms with E-state index in [0.717, 1.165) is 24.3 Å². The molecule has 0 aromatic carbocycles. The molecule has 16 heavy (non-hydrogen) atoms. The lowest BCUT2D eigenvalue weighted by atomic mass is 9.93. The van der Waals surface area contributed by atoms with Gasteiger partial charge in [0.1, 0.15) is 0 Å². The third-order valence-corrected chi connectivity index (χ3v) is 5.33. The molecule has 1 aromatic rings. The minimum absolute atomic E-state index is 0.636. The number of aryl methyl sites for hydroxylation is 1. The van der Waals surface area contributed by atoms with E-state index in [1.165, 1.54) is 24.1 Å². The first-order valence-electron chi connectivity index (χ1n) is 6.57. The summed E-state index contributed by atoms with van der Waals surface area (Å²) in [6, 6.07) is 5.23. The molecule has 1 nitrogen and oxygen atoms in total. The first-order valence-corrected chi connectivity index (χ1v) is 7.39. The summed E-state index contributed by atoms with van der Waals surface area (Å²) in [5, 5.41) is 3.71. The Labute approximate surface area is 102 Å². The lowest BCUT2D eigenvalue weighted by Gasteiger charge is -2.24. The molecule has 0 radical (unpaired) electrons. The largest absolute Gasteiger partial charge is 0.309 e. The van der Waals surface area contributed by atoms with Crippen molar-refractivity contribution in [2.45, 2.75) is 39.2 Å². The van der Waals surface area contributed by atoms with Crippen LogP contribution in [0, 0.1) is 24.7 Å². The molecule has 2 fully saturated rings. The van der Waals surface area contributed by atoms with Gasteiger partial charge in [0.05, 0.1) is 0 Å². The number of thiophene rings is 1. The maximum absolute atomic E-state index is 3.71. The predicted molar refractivity (Wildman–Crippen MR) is 69.8 cm³/mol. The van der Waals surface area contributed by atoms with Crippen molar-refractivity contribution in [3.8, 4) is 0 Å². The van der Waals surface area contributed by atoms with Crippen LogP contribution in [0.3, 0.4) is 0 Å². The van der Waals surface area contributed by atoms with Crippen LogP contribution in [0.2, 0.25) is 0 Å². The molecule has 3 rings (SSSR count). The number of fused-ring (bicyclic) bond motifs is 1. The van der Waals surface area contributed by atoms with E-state index in [0.29, 0.717) is 6.04 Å². The van der Waals surface area contributed by atoms with Crippen LogP contribution >= 0.6 is 11.3 Å². The zero-order valence-electron chi connectivity index (χ0n) is 10.2. The molecule has 0 amide bonds. The minimum atomic E-state index is 0.636. The van der Waals surface area contributed by atoms with Crippen molar-refractivity contribution in [3.05, 3.63) is 21.9 Å². The van der Waals surface area contributed by atoms with Gasteiger partial charge in [0, 0.05) is 15.8 Å². The molecule has 0 saturated heterocycles. The molecule has 0 aliphatic heterocycles. The highest BCUT2D eigenvalue weighted by Crippen LogP contribution is 2.57. The number of nitrogens with one attached hydrogen (secondary N) is 1. The molecule has 1 aromatic heterocycles. The average Bonchev–Trinajstić information content (AvgIpc) is 2.71. The van der Waals surface area contributed by atoms with Crippen LogP contribution in [0.1, 0.15) is 42.0 Å². The molecular formula is C14H21NS. The monoisotopic (exact) mass is 235 g/mol. The van der Waals surface area contributed by atoms with Gasteiger partial charge in [0.2, 0.25) is 0 Å². The Morgan fingerprint density at radius 2 is 2.06 bits per heavy atom. The van der Waals surface area contributed by atoms with Crippen molar-refractivity contribution in [1.82, 2.24) is 5.32 Å². The molecular weight excluding hydrogens is 214 g/mol. The van der Waals surface area contributed by atoms with E-state index in [4.69, 9.17) is 0 Å². The van der Waals surface area contributed by atoms with Crippen molar-refractivity contribution in [3.63, 3.8) is 0 Å². The molecule has 2 aliphatic carbocycles. The highest BCUT2D eigenvalue weighted by molar-refractivity contribution is 7.12. The van der Waals surface area contributed by atoms with Crippen LogP contribution in [0.5, 0.6) is 0 Å². The molecule has 2 saturated carbocycles. The van der Waals surface area contributed by atoms with Crippen molar-refractivity contribution >= 4 is 11.3 Å². The summed E-state index contributed by atoms with van der Waals surface area (Å²) < 4.78 is 0. The van der Waals surface area contributed by atoms with Gasteiger partial charge in [-0.15, -0.1) is 11.3 Å². The molecule has 0 spiro atoms. The highest BCUT2D eigenvalue weighted by Gasteiger charge is 2.48. The molecule has 1 N–H and O–H groups in total. The Morgan fingerprint density at radius 1 is 1.31 bits per heavy atom. The maximum atomic E-state index is 3.71. The zero-order chi connectivity index (χ0) is 11.1. The van der Waals surface area contributed by atoms with E-state index in [9.17, 15) is 0 Å². The summed E-state index contributed by atoms with van der Waals surface area (Å²) >= 11 is 1.98. The van der Waals surface area contributed by atoms with Crippen LogP contribution in [0.15, 0.2) is 12.1 Å². The van der Waals surface area contributed by atoms with Gasteiger partial charge in [-0.25, -0.2) is 0 Å². The Hall–Kier alpha value is -0.340. The van der Waals surface area contributed by atoms with Gasteiger partial charge in [-0.2, -0.15) is 0 Å². The third kappa shape index (κ3) is 1.93. The summed E-state index contributed by atoms with van der Waals surface area (Å²) in [5.74, 6) is 3.08. The first kappa shape index (κ1) is 10.8. The molecule has 0 bridgehead atoms. The Kier molecular flexibility index (Phi) is 2.80. The second-order valence-electron chi connectivity index (χ2n) is 5.47. The maximum Gasteiger partial charge on any atom is 0.0443 e. The van der Waals surface area contributed by atoms with Crippen LogP contribution in [0.25, 0.3) is 0 Å². The fourth-order valence-corrected chi connectivity index (χ4v) is 4.42. The fraction of sp³-hybridized carbons (Fsp3) is 0.714. The number of hydrogen-bond donors (Lipinski definition) is 1. The number of hydrogen-bond acceptors (Lipinski definition) is 2. The summed E-state index contributed by atoms with van der Waals surface area (Å²) in [6.45, 7) is 5.53. The van der Waals surface area contributed by atoms with Crippen molar-refractivity contribution in [2.24, 2.45) is 17.8 Å². The van der Waals surface area contributed by atoms with Crippen LogP contribution < -0.4 is 5.32 Å². The zero-order valence-corrected chi connectivity index (χ0v) is 11.0. The molecule has 3 atom stereocenters. The van der Waals surface area contributed by atoms with Gasteiger partial charge >= 0.3 is 0 Å². The van der Waals surface area contributed by atoms with Crippen molar-refractivity contribution in [2.75, 3.05) is 6.54 Å². The van der Waals surface area contributed by atoms with Gasteiger partial charge in [-0.3, -0.25) is 0 Å². The first-order chi connectivity index (χ1) is 7.78. The van der Waals surface area contributed by atoms with E-state index in [1.807, 2.05) is 11.3 Å². The molecule has 3 unspecified atom stereocenters. The SMILES string of the molecule is CCNC(c1ccc(C)s1)C1CC2CC2C1. The quantitative estimate of drug-likeness (QED) is 0.838. The van der Waals surface area contributed by atoms with E-state index >= 15 is 0 Å². The summed E-state index contributed by atoms with van der Waals surface area (Å²) in [5.41, 5.74) is 0. The summed E-state index contributed by atoms with van der Waals surface area (Å²) in [6.07, 6.45) is 4.47. The molecule has 88 valence electrons. The van der Waals surface area contributed by atoms with E-state index in [1.54, 1.807) is 4.88 Å². The lowest BCUT2D eigenvalue weighted by molar-refractivity contribution is 0.351. The Bertz CT molecular complexity index is 361. The van der Waals surface area contributed by atoms with E-state index < -0.39 is 0 Å². The third-order valence-electron chi connectivity index (χ3n) is 4.24. The molecule has 1 heterocycles. The number of rotatable bonds is 4. The fourth-order valence-electron chi connectivity index (χ4n) is 3.37. The second kappa shape index (κ2) is 4.15. The highest BCUT2D eigenvalue weighted by atomic mass is 32.1.